The van der Waals surface area contributed by atoms with Crippen LogP contribution in [0.25, 0.3) is 0 Å². The van der Waals surface area contributed by atoms with Crippen molar-refractivity contribution in [3.05, 3.63) is 12.2 Å². The Kier molecular flexibility index (Phi) is 0.562. The molecule has 2 rings (SSSR count). The van der Waals surface area contributed by atoms with E-state index in [-0.39, 0.29) is 0 Å². The topological polar surface area (TPSA) is 24.1 Å². The van der Waals surface area contributed by atoms with Crippen LogP contribution in [0.1, 0.15) is 6.42 Å². The fraction of sp³-hybridized carbons (Fsp3) is 0.600. The summed E-state index contributed by atoms with van der Waals surface area (Å²) >= 11 is 0. The molecule has 0 spiro atoms. The second-order valence-corrected chi connectivity index (χ2v) is 2.12. The molecule has 1 aliphatic heterocycles. The predicted octanol–water partition coefficient (Wildman–Crippen LogP) is -0.209. The molecule has 2 heteroatoms. The second-order valence-electron chi connectivity index (χ2n) is 2.12. The molecule has 1 fully saturated rings. The van der Waals surface area contributed by atoms with Crippen LogP contribution in [0.2, 0.25) is 0 Å². The largest absolute Gasteiger partial charge is 0.250 e. The summed E-state index contributed by atoms with van der Waals surface area (Å²) in [6.07, 6.45) is 5.67. The van der Waals surface area contributed by atoms with Gasteiger partial charge in [0.05, 0.1) is 0 Å². The van der Waals surface area contributed by atoms with Crippen molar-refractivity contribution >= 4 is 0 Å². The Morgan fingerprint density at radius 2 is 1.71 bits per heavy atom. The molecule has 7 heavy (non-hydrogen) atoms. The lowest BCUT2D eigenvalue weighted by molar-refractivity contribution is 0.585. The second kappa shape index (κ2) is 1.08. The van der Waals surface area contributed by atoms with Crippen LogP contribution in [-0.2, 0) is 0 Å². The predicted molar refractivity (Wildman–Crippen MR) is 27.6 cm³/mol. The highest BCUT2D eigenvalue weighted by Gasteiger charge is 2.24. The van der Waals surface area contributed by atoms with Gasteiger partial charge in [0.2, 0.25) is 0 Å². The summed E-state index contributed by atoms with van der Waals surface area (Å²) in [7, 11) is 0. The fourth-order valence-corrected chi connectivity index (χ4v) is 1.13. The molecule has 2 aliphatic rings. The van der Waals surface area contributed by atoms with E-state index in [2.05, 4.69) is 23.0 Å². The van der Waals surface area contributed by atoms with E-state index in [4.69, 9.17) is 0 Å². The minimum Gasteiger partial charge on any atom is -0.250 e. The van der Waals surface area contributed by atoms with Gasteiger partial charge in [-0.15, -0.1) is 0 Å². The molecule has 1 saturated heterocycles. The number of hydrogen-bond donors (Lipinski definition) is 2. The lowest BCUT2D eigenvalue weighted by Gasteiger charge is -2.03. The van der Waals surface area contributed by atoms with Crippen molar-refractivity contribution in [1.82, 2.24) is 10.9 Å². The molecular formula is C5H8N2. The molecule has 0 aromatic rings. The van der Waals surface area contributed by atoms with Gasteiger partial charge in [0.25, 0.3) is 0 Å². The van der Waals surface area contributed by atoms with E-state index >= 15 is 0 Å². The molecule has 1 heterocycles. The molecule has 38 valence electrons. The zero-order chi connectivity index (χ0) is 4.69. The van der Waals surface area contributed by atoms with Gasteiger partial charge in [0.15, 0.2) is 0 Å². The Balaban J connectivity index is 2.27. The number of hydrazine groups is 1. The maximum absolute atomic E-state index is 3.12. The number of rotatable bonds is 0. The molecule has 2 N–H and O–H groups in total. The van der Waals surface area contributed by atoms with Crippen LogP contribution in [-0.4, -0.2) is 12.1 Å². The van der Waals surface area contributed by atoms with E-state index in [1.807, 2.05) is 0 Å². The Hall–Kier alpha value is -0.340. The van der Waals surface area contributed by atoms with Crippen molar-refractivity contribution in [2.75, 3.05) is 0 Å². The van der Waals surface area contributed by atoms with E-state index in [0.29, 0.717) is 12.1 Å². The lowest BCUT2D eigenvalue weighted by Crippen LogP contribution is -2.34. The van der Waals surface area contributed by atoms with E-state index < -0.39 is 0 Å². The van der Waals surface area contributed by atoms with Gasteiger partial charge in [-0.2, -0.15) is 0 Å². The van der Waals surface area contributed by atoms with Crippen LogP contribution in [0.4, 0.5) is 0 Å². The highest BCUT2D eigenvalue weighted by molar-refractivity contribution is 5.12. The van der Waals surface area contributed by atoms with Crippen LogP contribution in [0, 0.1) is 0 Å². The zero-order valence-electron chi connectivity index (χ0n) is 4.02. The summed E-state index contributed by atoms with van der Waals surface area (Å²) in [6, 6.07) is 1.26. The monoisotopic (exact) mass is 96.1 g/mol. The van der Waals surface area contributed by atoms with E-state index in [1.165, 1.54) is 6.42 Å². The molecule has 2 atom stereocenters. The average Bonchev–Trinajstić information content (AvgIpc) is 2.22. The third-order valence-corrected chi connectivity index (χ3v) is 1.54. The van der Waals surface area contributed by atoms with Gasteiger partial charge in [0.1, 0.15) is 0 Å². The van der Waals surface area contributed by atoms with Crippen LogP contribution < -0.4 is 10.9 Å². The highest BCUT2D eigenvalue weighted by Crippen LogP contribution is 2.14. The zero-order valence-corrected chi connectivity index (χ0v) is 4.02. The van der Waals surface area contributed by atoms with Gasteiger partial charge >= 0.3 is 0 Å². The van der Waals surface area contributed by atoms with Gasteiger partial charge < -0.3 is 0 Å². The minimum atomic E-state index is 0.630. The number of fused-ring (bicyclic) bond motifs is 2. The van der Waals surface area contributed by atoms with Crippen molar-refractivity contribution < 1.29 is 0 Å². The first kappa shape index (κ1) is 3.64. The van der Waals surface area contributed by atoms with Crippen LogP contribution in [0.15, 0.2) is 12.2 Å². The lowest BCUT2D eigenvalue weighted by atomic mass is 10.3. The van der Waals surface area contributed by atoms with Crippen molar-refractivity contribution in [2.24, 2.45) is 0 Å². The van der Waals surface area contributed by atoms with Crippen molar-refractivity contribution in [3.8, 4) is 0 Å². The Bertz CT molecular complexity index is 96.6. The van der Waals surface area contributed by atoms with Crippen molar-refractivity contribution in [1.29, 1.82) is 0 Å². The Morgan fingerprint density at radius 3 is 1.86 bits per heavy atom. The van der Waals surface area contributed by atoms with Gasteiger partial charge in [0, 0.05) is 12.1 Å². The average molecular weight is 96.1 g/mol. The highest BCUT2D eigenvalue weighted by atomic mass is 15.4. The van der Waals surface area contributed by atoms with E-state index in [0.717, 1.165) is 0 Å². The van der Waals surface area contributed by atoms with Gasteiger partial charge in [-0.3, -0.25) is 10.9 Å². The van der Waals surface area contributed by atoms with Crippen molar-refractivity contribution in [3.63, 3.8) is 0 Å². The SMILES string of the molecule is C1=CC2CC1NN2. The standard InChI is InChI=1S/C5H8N2/c1-2-5-3-4(1)6-7-5/h1-2,4-7H,3H2. The maximum Gasteiger partial charge on any atom is 0.0412 e. The number of hydrogen-bond acceptors (Lipinski definition) is 2. The summed E-state index contributed by atoms with van der Waals surface area (Å²) in [6.45, 7) is 0. The molecule has 0 amide bonds. The summed E-state index contributed by atoms with van der Waals surface area (Å²) < 4.78 is 0. The molecule has 2 nitrogen and oxygen atoms in total. The molecule has 2 unspecified atom stereocenters. The Labute approximate surface area is 42.6 Å². The summed E-state index contributed by atoms with van der Waals surface area (Å²) in [5.74, 6) is 0. The van der Waals surface area contributed by atoms with Crippen LogP contribution in [0.3, 0.4) is 0 Å². The first-order valence-electron chi connectivity index (χ1n) is 2.64. The molecular weight excluding hydrogens is 88.1 g/mol. The fourth-order valence-electron chi connectivity index (χ4n) is 1.13. The van der Waals surface area contributed by atoms with Crippen LogP contribution >= 0.6 is 0 Å². The summed E-state index contributed by atoms with van der Waals surface area (Å²) in [4.78, 5) is 0. The van der Waals surface area contributed by atoms with Gasteiger partial charge in [-0.25, -0.2) is 0 Å². The quantitative estimate of drug-likeness (QED) is 0.408. The summed E-state index contributed by atoms with van der Waals surface area (Å²) in [5, 5.41) is 0. The van der Waals surface area contributed by atoms with Gasteiger partial charge in [-0.1, -0.05) is 12.2 Å². The number of nitrogens with one attached hydrogen (secondary N) is 2. The maximum atomic E-state index is 3.12. The first-order valence-corrected chi connectivity index (χ1v) is 2.64. The summed E-state index contributed by atoms with van der Waals surface area (Å²) in [5.41, 5.74) is 6.24. The Morgan fingerprint density at radius 1 is 1.14 bits per heavy atom. The molecule has 0 radical (unpaired) electrons. The normalized spacial score (nSPS) is 45.7. The third-order valence-electron chi connectivity index (χ3n) is 1.54. The first-order chi connectivity index (χ1) is 3.45. The molecule has 0 saturated carbocycles. The van der Waals surface area contributed by atoms with Crippen molar-refractivity contribution in [2.45, 2.75) is 18.5 Å². The van der Waals surface area contributed by atoms with E-state index in [9.17, 15) is 0 Å². The molecule has 0 aromatic carbocycles. The van der Waals surface area contributed by atoms with Crippen LogP contribution in [0.5, 0.6) is 0 Å². The minimum absolute atomic E-state index is 0.630. The third kappa shape index (κ3) is 0.406. The molecule has 2 bridgehead atoms. The molecule has 1 aliphatic carbocycles. The molecule has 0 aromatic heterocycles. The smallest absolute Gasteiger partial charge is 0.0412 e. The van der Waals surface area contributed by atoms with E-state index in [1.54, 1.807) is 0 Å². The van der Waals surface area contributed by atoms with Gasteiger partial charge in [-0.05, 0) is 6.42 Å².